The summed E-state index contributed by atoms with van der Waals surface area (Å²) >= 11 is 1.91. The SMILES string of the molecule is c1ccc(-c2ccc(-c3ccc4[nH]c5c6ccccc6c6c7ccccc7sc6c5c4c3)cc2)cc1. The fraction of sp³-hybridized carbons (Fsp3) is 0. The first-order valence-electron chi connectivity index (χ1n) is 12.3. The van der Waals surface area contributed by atoms with Crippen LogP contribution in [0.15, 0.2) is 121 Å². The standard InChI is InChI=1S/C34H21NS/c1-2-8-21(9-3-1)22-14-16-23(17-15-22)24-18-19-29-28(20-24)32-33(35-29)26-11-5-4-10-25(26)31-27-12-6-7-13-30(27)36-34(31)32/h1-20,35H. The number of fused-ring (bicyclic) bond motifs is 10. The highest BCUT2D eigenvalue weighted by Gasteiger charge is 2.18. The minimum Gasteiger partial charge on any atom is -0.354 e. The topological polar surface area (TPSA) is 15.8 Å². The normalized spacial score (nSPS) is 11.9. The predicted octanol–water partition coefficient (Wildman–Crippen LogP) is 10.2. The van der Waals surface area contributed by atoms with Crippen molar-refractivity contribution in [3.05, 3.63) is 121 Å². The summed E-state index contributed by atoms with van der Waals surface area (Å²) in [6, 6.07) is 43.9. The van der Waals surface area contributed by atoms with E-state index in [4.69, 9.17) is 0 Å². The minimum atomic E-state index is 1.18. The summed E-state index contributed by atoms with van der Waals surface area (Å²) in [5.74, 6) is 0. The van der Waals surface area contributed by atoms with Crippen molar-refractivity contribution >= 4 is 64.1 Å². The summed E-state index contributed by atoms with van der Waals surface area (Å²) in [7, 11) is 0. The second-order valence-electron chi connectivity index (χ2n) is 9.43. The first-order chi connectivity index (χ1) is 17.8. The lowest BCUT2D eigenvalue weighted by Crippen LogP contribution is -1.81. The van der Waals surface area contributed by atoms with Gasteiger partial charge in [-0.25, -0.2) is 0 Å². The lowest BCUT2D eigenvalue weighted by molar-refractivity contribution is 1.56. The lowest BCUT2D eigenvalue weighted by atomic mass is 9.97. The molecule has 0 saturated heterocycles. The first kappa shape index (κ1) is 19.9. The van der Waals surface area contributed by atoms with Crippen molar-refractivity contribution in [3.63, 3.8) is 0 Å². The zero-order valence-corrected chi connectivity index (χ0v) is 20.3. The van der Waals surface area contributed by atoms with Crippen molar-refractivity contribution in [2.24, 2.45) is 0 Å². The second kappa shape index (κ2) is 7.55. The summed E-state index contributed by atoms with van der Waals surface area (Å²) < 4.78 is 2.71. The van der Waals surface area contributed by atoms with Gasteiger partial charge in [0.05, 0.1) is 5.52 Å². The van der Waals surface area contributed by atoms with Crippen LogP contribution in [-0.4, -0.2) is 4.98 Å². The Hall–Kier alpha value is -4.40. The number of aromatic amines is 1. The van der Waals surface area contributed by atoms with Crippen molar-refractivity contribution in [2.45, 2.75) is 0 Å². The van der Waals surface area contributed by atoms with Gasteiger partial charge in [0, 0.05) is 41.8 Å². The smallest absolute Gasteiger partial charge is 0.0559 e. The monoisotopic (exact) mass is 475 g/mol. The first-order valence-corrected chi connectivity index (χ1v) is 13.1. The molecule has 168 valence electrons. The fourth-order valence-electron chi connectivity index (χ4n) is 5.70. The zero-order chi connectivity index (χ0) is 23.6. The molecule has 0 unspecified atom stereocenters. The molecule has 0 aliphatic carbocycles. The quantitative estimate of drug-likeness (QED) is 0.256. The molecule has 0 aliphatic rings. The van der Waals surface area contributed by atoms with Gasteiger partial charge in [0.2, 0.25) is 0 Å². The van der Waals surface area contributed by atoms with Crippen molar-refractivity contribution < 1.29 is 0 Å². The average molecular weight is 476 g/mol. The molecule has 0 atom stereocenters. The number of hydrogen-bond acceptors (Lipinski definition) is 1. The minimum absolute atomic E-state index is 1.18. The van der Waals surface area contributed by atoms with E-state index in [0.29, 0.717) is 0 Å². The lowest BCUT2D eigenvalue weighted by Gasteiger charge is -2.06. The molecule has 1 nitrogen and oxygen atoms in total. The molecule has 8 aromatic rings. The van der Waals surface area contributed by atoms with Gasteiger partial charge in [-0.1, -0.05) is 103 Å². The van der Waals surface area contributed by atoms with E-state index in [2.05, 4.69) is 126 Å². The summed E-state index contributed by atoms with van der Waals surface area (Å²) in [5.41, 5.74) is 7.38. The molecule has 0 radical (unpaired) electrons. The van der Waals surface area contributed by atoms with Crippen LogP contribution in [-0.2, 0) is 0 Å². The van der Waals surface area contributed by atoms with Crippen molar-refractivity contribution in [3.8, 4) is 22.3 Å². The van der Waals surface area contributed by atoms with E-state index in [-0.39, 0.29) is 0 Å². The van der Waals surface area contributed by atoms with Gasteiger partial charge in [0.15, 0.2) is 0 Å². The van der Waals surface area contributed by atoms with Crippen LogP contribution >= 0.6 is 11.3 Å². The number of hydrogen-bond donors (Lipinski definition) is 1. The molecule has 2 heteroatoms. The van der Waals surface area contributed by atoms with E-state index in [1.54, 1.807) is 0 Å². The van der Waals surface area contributed by atoms with E-state index in [1.807, 2.05) is 11.3 Å². The van der Waals surface area contributed by atoms with Crippen LogP contribution in [0.1, 0.15) is 0 Å². The van der Waals surface area contributed by atoms with E-state index < -0.39 is 0 Å². The second-order valence-corrected chi connectivity index (χ2v) is 10.5. The molecule has 6 aromatic carbocycles. The van der Waals surface area contributed by atoms with Crippen molar-refractivity contribution in [1.29, 1.82) is 0 Å². The number of aromatic nitrogens is 1. The van der Waals surface area contributed by atoms with Gasteiger partial charge in [0.1, 0.15) is 0 Å². The van der Waals surface area contributed by atoms with Crippen LogP contribution in [0.25, 0.3) is 75.0 Å². The molecule has 36 heavy (non-hydrogen) atoms. The Labute approximate surface area is 212 Å². The van der Waals surface area contributed by atoms with Gasteiger partial charge >= 0.3 is 0 Å². The van der Waals surface area contributed by atoms with Gasteiger partial charge < -0.3 is 4.98 Å². The summed E-state index contributed by atoms with van der Waals surface area (Å²) in [6.45, 7) is 0. The van der Waals surface area contributed by atoms with Gasteiger partial charge in [-0.3, -0.25) is 0 Å². The van der Waals surface area contributed by atoms with E-state index in [1.165, 1.54) is 75.0 Å². The third kappa shape index (κ3) is 2.82. The summed E-state index contributed by atoms with van der Waals surface area (Å²) in [4.78, 5) is 3.77. The molecule has 8 rings (SSSR count). The number of H-pyrrole nitrogens is 1. The van der Waals surface area contributed by atoms with Gasteiger partial charge in [-0.05, 0) is 45.8 Å². The zero-order valence-electron chi connectivity index (χ0n) is 19.5. The number of nitrogens with one attached hydrogen (secondary N) is 1. The molecule has 0 aliphatic heterocycles. The number of benzene rings is 6. The molecular formula is C34H21NS. The van der Waals surface area contributed by atoms with E-state index in [9.17, 15) is 0 Å². The molecule has 0 fully saturated rings. The van der Waals surface area contributed by atoms with Crippen molar-refractivity contribution in [1.82, 2.24) is 4.98 Å². The maximum atomic E-state index is 3.77. The van der Waals surface area contributed by atoms with Crippen LogP contribution in [0.4, 0.5) is 0 Å². The number of thiophene rings is 1. The van der Waals surface area contributed by atoms with E-state index >= 15 is 0 Å². The number of rotatable bonds is 2. The van der Waals surface area contributed by atoms with Crippen molar-refractivity contribution in [2.75, 3.05) is 0 Å². The molecule has 2 aromatic heterocycles. The Kier molecular flexibility index (Phi) is 4.16. The van der Waals surface area contributed by atoms with Crippen LogP contribution < -0.4 is 0 Å². The highest BCUT2D eigenvalue weighted by molar-refractivity contribution is 7.27. The predicted molar refractivity (Wildman–Crippen MR) is 157 cm³/mol. The van der Waals surface area contributed by atoms with Crippen LogP contribution in [0.2, 0.25) is 0 Å². The van der Waals surface area contributed by atoms with Gasteiger partial charge in [-0.15, -0.1) is 11.3 Å². The van der Waals surface area contributed by atoms with Crippen LogP contribution in [0.5, 0.6) is 0 Å². The molecule has 0 spiro atoms. The van der Waals surface area contributed by atoms with Crippen LogP contribution in [0, 0.1) is 0 Å². The highest BCUT2D eigenvalue weighted by atomic mass is 32.1. The molecule has 0 amide bonds. The van der Waals surface area contributed by atoms with E-state index in [0.717, 1.165) is 0 Å². The Bertz CT molecular complexity index is 2080. The Morgan fingerprint density at radius 1 is 0.444 bits per heavy atom. The Morgan fingerprint density at radius 3 is 1.86 bits per heavy atom. The largest absolute Gasteiger partial charge is 0.354 e. The van der Waals surface area contributed by atoms with Crippen LogP contribution in [0.3, 0.4) is 0 Å². The summed E-state index contributed by atoms with van der Waals surface area (Å²) in [5, 5.41) is 7.95. The third-order valence-corrected chi connectivity index (χ3v) is 8.60. The average Bonchev–Trinajstić information content (AvgIpc) is 3.52. The Morgan fingerprint density at radius 2 is 1.06 bits per heavy atom. The Balaban J connectivity index is 1.41. The molecule has 1 N–H and O–H groups in total. The summed E-state index contributed by atoms with van der Waals surface area (Å²) in [6.07, 6.45) is 0. The van der Waals surface area contributed by atoms with Gasteiger partial charge in [-0.2, -0.15) is 0 Å². The maximum absolute atomic E-state index is 3.77. The fourth-order valence-corrected chi connectivity index (χ4v) is 6.99. The third-order valence-electron chi connectivity index (χ3n) is 7.41. The highest BCUT2D eigenvalue weighted by Crippen LogP contribution is 2.46. The molecule has 0 saturated carbocycles. The molecule has 2 heterocycles. The molecule has 0 bridgehead atoms. The van der Waals surface area contributed by atoms with Gasteiger partial charge in [0.25, 0.3) is 0 Å². The molecular weight excluding hydrogens is 454 g/mol. The maximum Gasteiger partial charge on any atom is 0.0559 e.